The van der Waals surface area contributed by atoms with E-state index < -0.39 is 19.8 Å². The fourth-order valence-electron chi connectivity index (χ4n) is 2.16. The van der Waals surface area contributed by atoms with Crippen LogP contribution in [0.2, 0.25) is 18.1 Å². The lowest BCUT2D eigenvalue weighted by Crippen LogP contribution is -2.50. The van der Waals surface area contributed by atoms with E-state index in [0.717, 1.165) is 0 Å². The fourth-order valence-corrected chi connectivity index (χ4v) is 3.64. The molecule has 0 aliphatic carbocycles. The molecule has 0 radical (unpaired) electrons. The van der Waals surface area contributed by atoms with Crippen LogP contribution < -0.4 is 0 Å². The van der Waals surface area contributed by atoms with Crippen LogP contribution in [0.15, 0.2) is 0 Å². The molecule has 0 aromatic rings. The Bertz CT molecular complexity index is 423. The topological polar surface area (TPSA) is 76.0 Å². The predicted octanol–water partition coefficient (Wildman–Crippen LogP) is 3.59. The van der Waals surface area contributed by atoms with E-state index in [9.17, 15) is 15.0 Å². The molecule has 0 rings (SSSR count). The van der Waals surface area contributed by atoms with Crippen molar-refractivity contribution in [2.75, 3.05) is 13.2 Å². The number of hydrogen-bond donors (Lipinski definition) is 2. The van der Waals surface area contributed by atoms with Gasteiger partial charge in [0.1, 0.15) is 0 Å². The molecule has 6 heteroatoms. The minimum Gasteiger partial charge on any atom is -0.465 e. The number of aliphatic hydroxyl groups excluding tert-OH is 2. The van der Waals surface area contributed by atoms with Crippen molar-refractivity contribution in [3.8, 4) is 0 Å². The smallest absolute Gasteiger partial charge is 0.311 e. The van der Waals surface area contributed by atoms with Gasteiger partial charge in [0.25, 0.3) is 0 Å². The maximum absolute atomic E-state index is 12.1. The lowest BCUT2D eigenvalue weighted by Gasteiger charge is -2.43. The molecule has 4 atom stereocenters. The van der Waals surface area contributed by atoms with Crippen LogP contribution in [0.4, 0.5) is 0 Å². The predicted molar refractivity (Wildman–Crippen MR) is 104 cm³/mol. The van der Waals surface area contributed by atoms with Gasteiger partial charge in [0, 0.05) is 11.8 Å². The Labute approximate surface area is 155 Å². The molecule has 25 heavy (non-hydrogen) atoms. The number of esters is 1. The lowest BCUT2D eigenvalue weighted by molar-refractivity contribution is -0.156. The summed E-state index contributed by atoms with van der Waals surface area (Å²) in [5.41, 5.74) is -0.550. The van der Waals surface area contributed by atoms with Crippen molar-refractivity contribution < 1.29 is 24.2 Å². The Morgan fingerprint density at radius 1 is 1.08 bits per heavy atom. The number of carbonyl (C=O) groups excluding carboxylic acids is 1. The standard InChI is InChI=1S/C19H40O5Si/c1-13(12-23-17(22)18(3,4)5)16(14(2)15(21)11-20)24-25(9,10)19(6,7)8/h13-16,20-21H,11-12H2,1-10H3/t13-,14-,15-,16+/m0/s1. The normalized spacial score (nSPS) is 18.4. The van der Waals surface area contributed by atoms with Crippen molar-refractivity contribution in [1.82, 2.24) is 0 Å². The molecule has 0 aromatic carbocycles. The van der Waals surface area contributed by atoms with Gasteiger partial charge in [-0.3, -0.25) is 4.79 Å². The quantitative estimate of drug-likeness (QED) is 0.500. The van der Waals surface area contributed by atoms with Crippen LogP contribution in [-0.4, -0.2) is 49.9 Å². The van der Waals surface area contributed by atoms with Crippen molar-refractivity contribution in [2.45, 2.75) is 85.7 Å². The Morgan fingerprint density at radius 2 is 1.56 bits per heavy atom. The van der Waals surface area contributed by atoms with Crippen molar-refractivity contribution >= 4 is 14.3 Å². The summed E-state index contributed by atoms with van der Waals surface area (Å²) < 4.78 is 12.0. The molecule has 0 amide bonds. The summed E-state index contributed by atoms with van der Waals surface area (Å²) in [5.74, 6) is -0.597. The molecule has 0 unspecified atom stereocenters. The van der Waals surface area contributed by atoms with E-state index in [1.807, 2.05) is 34.6 Å². The van der Waals surface area contributed by atoms with Gasteiger partial charge in [-0.25, -0.2) is 0 Å². The number of carbonyl (C=O) groups is 1. The first-order valence-corrected chi connectivity index (χ1v) is 12.1. The molecule has 2 N–H and O–H groups in total. The maximum Gasteiger partial charge on any atom is 0.311 e. The highest BCUT2D eigenvalue weighted by Gasteiger charge is 2.42. The molecular weight excluding hydrogens is 336 g/mol. The van der Waals surface area contributed by atoms with Crippen LogP contribution in [0.25, 0.3) is 0 Å². The van der Waals surface area contributed by atoms with E-state index in [4.69, 9.17) is 9.16 Å². The molecule has 0 aromatic heterocycles. The second kappa shape index (κ2) is 8.98. The van der Waals surface area contributed by atoms with Crippen molar-refractivity contribution in [3.63, 3.8) is 0 Å². The SMILES string of the molecule is C[C@H]([C@H](O[Si](C)(C)C(C)(C)C)[C@@H](C)COC(=O)C(C)(C)C)[C@@H](O)CO. The van der Waals surface area contributed by atoms with Crippen LogP contribution >= 0.6 is 0 Å². The average Bonchev–Trinajstić information content (AvgIpc) is 2.46. The third-order valence-electron chi connectivity index (χ3n) is 5.20. The van der Waals surface area contributed by atoms with Crippen molar-refractivity contribution in [3.05, 3.63) is 0 Å². The second-order valence-electron chi connectivity index (χ2n) is 9.78. The highest BCUT2D eigenvalue weighted by atomic mass is 28.4. The van der Waals surface area contributed by atoms with Crippen LogP contribution in [0.1, 0.15) is 55.4 Å². The van der Waals surface area contributed by atoms with Gasteiger partial charge in [-0.1, -0.05) is 34.6 Å². The van der Waals surface area contributed by atoms with Gasteiger partial charge < -0.3 is 19.4 Å². The molecule has 0 fully saturated rings. The van der Waals surface area contributed by atoms with Crippen molar-refractivity contribution in [2.24, 2.45) is 17.3 Å². The minimum atomic E-state index is -2.08. The summed E-state index contributed by atoms with van der Waals surface area (Å²) in [5, 5.41) is 19.5. The average molecular weight is 377 g/mol. The third kappa shape index (κ3) is 7.37. The summed E-state index contributed by atoms with van der Waals surface area (Å²) in [7, 11) is -2.08. The Morgan fingerprint density at radius 3 is 1.92 bits per heavy atom. The first-order valence-electron chi connectivity index (χ1n) is 9.18. The van der Waals surface area contributed by atoms with Crippen LogP contribution in [0.5, 0.6) is 0 Å². The van der Waals surface area contributed by atoms with Crippen LogP contribution in [0.3, 0.4) is 0 Å². The van der Waals surface area contributed by atoms with E-state index in [-0.39, 0.29) is 42.2 Å². The fraction of sp³-hybridized carbons (Fsp3) is 0.947. The number of rotatable bonds is 8. The van der Waals surface area contributed by atoms with E-state index in [0.29, 0.717) is 0 Å². The van der Waals surface area contributed by atoms with E-state index >= 15 is 0 Å². The van der Waals surface area contributed by atoms with Crippen molar-refractivity contribution in [1.29, 1.82) is 0 Å². The van der Waals surface area contributed by atoms with E-state index in [2.05, 4.69) is 33.9 Å². The summed E-state index contributed by atoms with van der Waals surface area (Å²) in [6.45, 7) is 20.0. The molecule has 5 nitrogen and oxygen atoms in total. The second-order valence-corrected chi connectivity index (χ2v) is 14.5. The van der Waals surface area contributed by atoms with E-state index in [1.54, 1.807) is 0 Å². The monoisotopic (exact) mass is 376 g/mol. The van der Waals surface area contributed by atoms with Gasteiger partial charge in [0.15, 0.2) is 8.32 Å². The Kier molecular flexibility index (Phi) is 8.82. The zero-order valence-corrected chi connectivity index (χ0v) is 18.8. The zero-order valence-electron chi connectivity index (χ0n) is 17.8. The molecule has 150 valence electrons. The summed E-state index contributed by atoms with van der Waals surface area (Å²) in [6, 6.07) is 0. The van der Waals surface area contributed by atoms with Gasteiger partial charge in [0.2, 0.25) is 0 Å². The van der Waals surface area contributed by atoms with Gasteiger partial charge in [-0.05, 0) is 38.9 Å². The van der Waals surface area contributed by atoms with Gasteiger partial charge in [0.05, 0.1) is 30.8 Å². The first-order chi connectivity index (χ1) is 11.0. The zero-order chi connectivity index (χ0) is 20.2. The van der Waals surface area contributed by atoms with Crippen LogP contribution in [-0.2, 0) is 14.0 Å². The van der Waals surface area contributed by atoms with Gasteiger partial charge in [-0.15, -0.1) is 0 Å². The molecule has 0 aliphatic heterocycles. The minimum absolute atomic E-state index is 0.0247. The number of aliphatic hydroxyl groups is 2. The van der Waals surface area contributed by atoms with Gasteiger partial charge in [-0.2, -0.15) is 0 Å². The molecular formula is C19H40O5Si. The Balaban J connectivity index is 5.29. The molecule has 0 heterocycles. The molecule has 0 bridgehead atoms. The highest BCUT2D eigenvalue weighted by Crippen LogP contribution is 2.39. The maximum atomic E-state index is 12.1. The Hall–Kier alpha value is -0.433. The summed E-state index contributed by atoms with van der Waals surface area (Å²) >= 11 is 0. The largest absolute Gasteiger partial charge is 0.465 e. The third-order valence-corrected chi connectivity index (χ3v) is 9.67. The molecule has 0 spiro atoms. The highest BCUT2D eigenvalue weighted by molar-refractivity contribution is 6.74. The van der Waals surface area contributed by atoms with E-state index in [1.165, 1.54) is 0 Å². The number of hydrogen-bond acceptors (Lipinski definition) is 5. The summed E-state index contributed by atoms with van der Waals surface area (Å²) in [6.07, 6.45) is -1.16. The molecule has 0 saturated carbocycles. The van der Waals surface area contributed by atoms with Crippen LogP contribution in [0, 0.1) is 17.3 Å². The molecule has 0 aliphatic rings. The summed E-state index contributed by atoms with van der Waals surface area (Å²) in [4.78, 5) is 12.1. The molecule has 0 saturated heterocycles. The number of ether oxygens (including phenoxy) is 1. The van der Waals surface area contributed by atoms with Gasteiger partial charge >= 0.3 is 5.97 Å². The first kappa shape index (κ1) is 24.6. The lowest BCUT2D eigenvalue weighted by atomic mass is 9.90.